The molecule has 1 atom stereocenters. The number of aliphatic hydroxyl groups excluding tert-OH is 1. The summed E-state index contributed by atoms with van der Waals surface area (Å²) >= 11 is 11.9. The van der Waals surface area contributed by atoms with Crippen LogP contribution in [0.3, 0.4) is 0 Å². The Morgan fingerprint density at radius 1 is 0.917 bits per heavy atom. The number of carbonyl (C=O) groups excluding carboxylic acids is 1. The molecule has 1 amide bonds. The second-order valence-electron chi connectivity index (χ2n) is 6.29. The number of carbonyl (C=O) groups is 1. The molecule has 16 heteroatoms. The molecule has 0 saturated heterocycles. The maximum Gasteiger partial charge on any atom is 0.279 e. The second kappa shape index (κ2) is 32.3. The minimum Gasteiger partial charge on any atom is -0.396 e. The molecule has 212 valence electrons. The zero-order valence-corrected chi connectivity index (χ0v) is 27.2. The van der Waals surface area contributed by atoms with Crippen LogP contribution in [0.2, 0.25) is 0 Å². The molecule has 1 unspecified atom stereocenters. The lowest BCUT2D eigenvalue weighted by Crippen LogP contribution is -2.22. The zero-order valence-electron chi connectivity index (χ0n) is 20.7. The van der Waals surface area contributed by atoms with E-state index in [1.165, 1.54) is 18.2 Å². The molecule has 0 aliphatic heterocycles. The van der Waals surface area contributed by atoms with Crippen LogP contribution in [-0.4, -0.2) is 128 Å². The lowest BCUT2D eigenvalue weighted by molar-refractivity contribution is -0.210. The normalized spacial score (nSPS) is 12.5. The summed E-state index contributed by atoms with van der Waals surface area (Å²) in [7, 11) is -0.960. The molecule has 0 spiro atoms. The summed E-state index contributed by atoms with van der Waals surface area (Å²) in [6.45, 7) is 2.73. The van der Waals surface area contributed by atoms with E-state index in [0.717, 1.165) is 57.0 Å². The molecule has 0 aromatic rings. The maximum absolute atomic E-state index is 11.9. The Kier molecular flexibility index (Phi) is 33.4. The number of hydrogen-bond donors (Lipinski definition) is 2. The third kappa shape index (κ3) is 31.3. The van der Waals surface area contributed by atoms with E-state index < -0.39 is 10.8 Å². The van der Waals surface area contributed by atoms with E-state index in [0.29, 0.717) is 31.2 Å². The average molecular weight is 658 g/mol. The smallest absolute Gasteiger partial charge is 0.279 e. The minimum absolute atomic E-state index is 0.0382. The van der Waals surface area contributed by atoms with Crippen LogP contribution in [0.15, 0.2) is 9.98 Å². The fraction of sp³-hybridized carbons (Fsp3) is 0.850. The summed E-state index contributed by atoms with van der Waals surface area (Å²) in [5.74, 6) is 7.48. The fourth-order valence-electron chi connectivity index (χ4n) is 1.84. The first-order valence-electron chi connectivity index (χ1n) is 11.2. The molecular weight excluding hydrogens is 619 g/mol. The van der Waals surface area contributed by atoms with Crippen molar-refractivity contribution in [3.8, 4) is 0 Å². The van der Waals surface area contributed by atoms with Crippen molar-refractivity contribution in [2.75, 3.05) is 101 Å². The molecule has 2 N–H and O–H groups in total. The fourth-order valence-corrected chi connectivity index (χ4v) is 8.65. The van der Waals surface area contributed by atoms with Crippen LogP contribution in [0.5, 0.6) is 0 Å². The van der Waals surface area contributed by atoms with Gasteiger partial charge in [0.25, 0.3) is 5.24 Å². The second-order valence-corrected chi connectivity index (χ2v) is 16.1. The van der Waals surface area contributed by atoms with E-state index in [-0.39, 0.29) is 11.8 Å². The molecular formula is C20H39N3O5S8. The largest absolute Gasteiger partial charge is 0.396 e. The molecule has 0 saturated carbocycles. The van der Waals surface area contributed by atoms with Crippen molar-refractivity contribution >= 4 is 110 Å². The predicted molar refractivity (Wildman–Crippen MR) is 175 cm³/mol. The molecule has 0 aliphatic rings. The number of thioether (sulfide) groups is 7. The lowest BCUT2D eigenvalue weighted by atomic mass is 10.8. The molecule has 0 aromatic carbocycles. The summed E-state index contributed by atoms with van der Waals surface area (Å²) in [6.07, 6.45) is 3.36. The van der Waals surface area contributed by atoms with Gasteiger partial charge in [-0.3, -0.25) is 19.0 Å². The van der Waals surface area contributed by atoms with Gasteiger partial charge < -0.3 is 15.3 Å². The van der Waals surface area contributed by atoms with Gasteiger partial charge in [-0.1, -0.05) is 11.8 Å². The van der Waals surface area contributed by atoms with Crippen LogP contribution in [0.1, 0.15) is 0 Å². The van der Waals surface area contributed by atoms with Crippen molar-refractivity contribution < 1.29 is 23.9 Å². The Hall–Kier alpha value is 1.13. The van der Waals surface area contributed by atoms with Crippen molar-refractivity contribution in [1.29, 1.82) is 0 Å². The standard InChI is InChI=1S/C20H39N3O5S8/c1-29-7-2-22-17-36(26)15-14-34-19-33-12-13-35-20(25)23-4-9-32-18-31-8-3-21-16-28-27-6-11-30-10-5-24/h16-17,24H,2-15,18-19H2,1H3,(H,23,25). The highest BCUT2D eigenvalue weighted by atomic mass is 32.2. The first-order chi connectivity index (χ1) is 17.7. The number of nitrogens with zero attached hydrogens (tertiary/aromatic N) is 2. The van der Waals surface area contributed by atoms with Gasteiger partial charge >= 0.3 is 0 Å². The van der Waals surface area contributed by atoms with E-state index in [9.17, 15) is 9.00 Å². The van der Waals surface area contributed by atoms with Crippen LogP contribution in [0.25, 0.3) is 0 Å². The van der Waals surface area contributed by atoms with Gasteiger partial charge in [-0.25, -0.2) is 0 Å². The van der Waals surface area contributed by atoms with Crippen molar-refractivity contribution in [2.45, 2.75) is 0 Å². The van der Waals surface area contributed by atoms with Crippen molar-refractivity contribution in [2.24, 2.45) is 9.98 Å². The van der Waals surface area contributed by atoms with Crippen LogP contribution in [-0.2, 0) is 20.6 Å². The first-order valence-corrected chi connectivity index (χ1v) is 20.8. The zero-order chi connectivity index (χ0) is 26.4. The Bertz CT molecular complexity index is 579. The molecule has 0 rings (SSSR count). The number of rotatable bonds is 27. The Balaban J connectivity index is 3.30. The van der Waals surface area contributed by atoms with Crippen molar-refractivity contribution in [1.82, 2.24) is 5.32 Å². The van der Waals surface area contributed by atoms with Gasteiger partial charge in [0.05, 0.1) is 29.5 Å². The van der Waals surface area contributed by atoms with Gasteiger partial charge in [-0.2, -0.15) is 51.9 Å². The Labute approximate surface area is 248 Å². The van der Waals surface area contributed by atoms with Crippen LogP contribution in [0.4, 0.5) is 4.79 Å². The molecule has 8 nitrogen and oxygen atoms in total. The highest BCUT2D eigenvalue weighted by molar-refractivity contribution is 8.17. The van der Waals surface area contributed by atoms with Crippen molar-refractivity contribution in [3.63, 3.8) is 0 Å². The van der Waals surface area contributed by atoms with Crippen LogP contribution < -0.4 is 5.32 Å². The van der Waals surface area contributed by atoms with E-state index in [2.05, 4.69) is 15.3 Å². The van der Waals surface area contributed by atoms with Crippen molar-refractivity contribution in [3.05, 3.63) is 0 Å². The predicted octanol–water partition coefficient (Wildman–Crippen LogP) is 4.12. The summed E-state index contributed by atoms with van der Waals surface area (Å²) < 4.78 is 11.7. The molecule has 0 aliphatic carbocycles. The third-order valence-electron chi connectivity index (χ3n) is 3.45. The number of nitrogens with one attached hydrogen (secondary N) is 1. The maximum atomic E-state index is 11.9. The SMILES string of the molecule is CSCCN=CS(=O)CCSCSCCSC(=O)NCCSCSCCN=COOCCSCCO. The summed E-state index contributed by atoms with van der Waals surface area (Å²) in [4.78, 5) is 29.9. The lowest BCUT2D eigenvalue weighted by Gasteiger charge is -2.05. The Morgan fingerprint density at radius 2 is 1.67 bits per heavy atom. The quantitative estimate of drug-likeness (QED) is 0.0331. The van der Waals surface area contributed by atoms with Crippen LogP contribution in [0, 0.1) is 0 Å². The molecule has 0 bridgehead atoms. The monoisotopic (exact) mass is 657 g/mol. The third-order valence-corrected chi connectivity index (χ3v) is 11.9. The molecule has 0 heterocycles. The van der Waals surface area contributed by atoms with Gasteiger partial charge in [-0.15, -0.1) is 23.5 Å². The van der Waals surface area contributed by atoms with E-state index in [4.69, 9.17) is 14.9 Å². The minimum atomic E-state index is -0.960. The number of hydrogen-bond acceptors (Lipinski definition) is 14. The summed E-state index contributed by atoms with van der Waals surface area (Å²) in [6, 6.07) is 0. The molecule has 0 fully saturated rings. The van der Waals surface area contributed by atoms with E-state index in [1.807, 2.05) is 18.0 Å². The number of aliphatic imine (C=N–C) groups is 2. The number of amides is 1. The number of aliphatic hydroxyl groups is 1. The highest BCUT2D eigenvalue weighted by Crippen LogP contribution is 2.15. The van der Waals surface area contributed by atoms with Crippen LogP contribution >= 0.6 is 82.3 Å². The van der Waals surface area contributed by atoms with Gasteiger partial charge in [0.15, 0.2) is 0 Å². The molecule has 0 radical (unpaired) electrons. The van der Waals surface area contributed by atoms with Gasteiger partial charge in [0.2, 0.25) is 6.40 Å². The first kappa shape index (κ1) is 37.1. The highest BCUT2D eigenvalue weighted by Gasteiger charge is 2.02. The molecule has 0 aromatic heterocycles. The average Bonchev–Trinajstić information content (AvgIpc) is 2.88. The summed E-state index contributed by atoms with van der Waals surface area (Å²) in [5, 5.41) is 13.5. The van der Waals surface area contributed by atoms with Gasteiger partial charge in [0, 0.05) is 75.0 Å². The summed E-state index contributed by atoms with van der Waals surface area (Å²) in [5.41, 5.74) is 1.58. The van der Waals surface area contributed by atoms with E-state index >= 15 is 0 Å². The Morgan fingerprint density at radius 3 is 2.47 bits per heavy atom. The topological polar surface area (TPSA) is 110 Å². The van der Waals surface area contributed by atoms with Gasteiger partial charge in [-0.05, 0) is 6.26 Å². The molecule has 36 heavy (non-hydrogen) atoms. The van der Waals surface area contributed by atoms with Gasteiger partial charge in [0.1, 0.15) is 6.61 Å². The van der Waals surface area contributed by atoms with E-state index in [1.54, 1.807) is 64.4 Å².